The van der Waals surface area contributed by atoms with Crippen LogP contribution in [0.4, 0.5) is 5.95 Å². The van der Waals surface area contributed by atoms with Crippen molar-refractivity contribution in [3.8, 4) is 22.9 Å². The summed E-state index contributed by atoms with van der Waals surface area (Å²) < 4.78 is 11.0. The summed E-state index contributed by atoms with van der Waals surface area (Å²) in [5, 5.41) is 0. The Hall–Kier alpha value is -2.96. The summed E-state index contributed by atoms with van der Waals surface area (Å²) in [6.07, 6.45) is 1.65. The van der Waals surface area contributed by atoms with E-state index >= 15 is 0 Å². The van der Waals surface area contributed by atoms with Crippen molar-refractivity contribution < 1.29 is 9.47 Å². The normalized spacial score (nSPS) is 10.7. The predicted molar refractivity (Wildman–Crippen MR) is 87.3 cm³/mol. The van der Waals surface area contributed by atoms with Crippen LogP contribution in [0.25, 0.3) is 22.4 Å². The zero-order valence-corrected chi connectivity index (χ0v) is 13.0. The highest BCUT2D eigenvalue weighted by molar-refractivity contribution is 5.79. The average Bonchev–Trinajstić information content (AvgIpc) is 2.55. The maximum Gasteiger partial charge on any atom is 0.247 e. The minimum atomic E-state index is 0.112. The summed E-state index contributed by atoms with van der Waals surface area (Å²) in [6.45, 7) is 4.87. The van der Waals surface area contributed by atoms with Crippen LogP contribution in [0.5, 0.6) is 11.6 Å². The summed E-state index contributed by atoms with van der Waals surface area (Å²) in [4.78, 5) is 17.1. The number of hydrogen-bond donors (Lipinski definition) is 1. The summed E-state index contributed by atoms with van der Waals surface area (Å²) >= 11 is 0. The van der Waals surface area contributed by atoms with Crippen molar-refractivity contribution in [1.29, 1.82) is 0 Å². The SMILES string of the molecule is CCOc1cccc(-c2cnc3nc(N)nc(OCC)c3n2)c1. The van der Waals surface area contributed by atoms with Gasteiger partial charge in [0.1, 0.15) is 5.75 Å². The molecule has 0 aliphatic carbocycles. The molecule has 118 valence electrons. The Morgan fingerprint density at radius 3 is 2.65 bits per heavy atom. The number of nitrogens with two attached hydrogens (primary N) is 1. The van der Waals surface area contributed by atoms with Crippen LogP contribution in [0.3, 0.4) is 0 Å². The fourth-order valence-corrected chi connectivity index (χ4v) is 2.19. The summed E-state index contributed by atoms with van der Waals surface area (Å²) in [5.41, 5.74) is 8.15. The molecule has 7 heteroatoms. The summed E-state index contributed by atoms with van der Waals surface area (Å²) in [6, 6.07) is 7.67. The van der Waals surface area contributed by atoms with Gasteiger partial charge in [0.2, 0.25) is 11.8 Å². The number of ether oxygens (including phenoxy) is 2. The fourth-order valence-electron chi connectivity index (χ4n) is 2.19. The van der Waals surface area contributed by atoms with E-state index in [1.807, 2.05) is 38.1 Å². The Labute approximate surface area is 133 Å². The Morgan fingerprint density at radius 1 is 1.04 bits per heavy atom. The second-order valence-corrected chi connectivity index (χ2v) is 4.71. The third-order valence-electron chi connectivity index (χ3n) is 3.11. The molecule has 0 spiro atoms. The lowest BCUT2D eigenvalue weighted by atomic mass is 10.1. The van der Waals surface area contributed by atoms with Gasteiger partial charge in [0.15, 0.2) is 11.2 Å². The van der Waals surface area contributed by atoms with E-state index < -0.39 is 0 Å². The molecule has 2 heterocycles. The number of nitrogen functional groups attached to an aromatic ring is 1. The zero-order chi connectivity index (χ0) is 16.2. The Kier molecular flexibility index (Phi) is 4.18. The van der Waals surface area contributed by atoms with E-state index in [4.69, 9.17) is 15.2 Å². The van der Waals surface area contributed by atoms with Crippen molar-refractivity contribution >= 4 is 17.1 Å². The van der Waals surface area contributed by atoms with E-state index in [0.717, 1.165) is 11.3 Å². The van der Waals surface area contributed by atoms with Gasteiger partial charge >= 0.3 is 0 Å². The summed E-state index contributed by atoms with van der Waals surface area (Å²) in [7, 11) is 0. The maximum atomic E-state index is 5.67. The number of anilines is 1. The van der Waals surface area contributed by atoms with Gasteiger partial charge in [0.05, 0.1) is 25.1 Å². The molecular formula is C16H17N5O2. The van der Waals surface area contributed by atoms with E-state index in [0.29, 0.717) is 36.0 Å². The highest BCUT2D eigenvalue weighted by Gasteiger charge is 2.12. The van der Waals surface area contributed by atoms with Crippen molar-refractivity contribution in [1.82, 2.24) is 19.9 Å². The van der Waals surface area contributed by atoms with Crippen LogP contribution in [0.1, 0.15) is 13.8 Å². The van der Waals surface area contributed by atoms with E-state index in [-0.39, 0.29) is 5.95 Å². The van der Waals surface area contributed by atoms with Crippen molar-refractivity contribution in [2.24, 2.45) is 0 Å². The minimum Gasteiger partial charge on any atom is -0.494 e. The Bertz CT molecular complexity index is 838. The molecule has 3 aromatic rings. The number of nitrogens with zero attached hydrogens (tertiary/aromatic N) is 4. The van der Waals surface area contributed by atoms with Gasteiger partial charge in [-0.3, -0.25) is 0 Å². The average molecular weight is 311 g/mol. The molecule has 7 nitrogen and oxygen atoms in total. The van der Waals surface area contributed by atoms with Gasteiger partial charge in [0.25, 0.3) is 0 Å². The van der Waals surface area contributed by atoms with Gasteiger partial charge in [0, 0.05) is 5.56 Å². The molecule has 0 atom stereocenters. The van der Waals surface area contributed by atoms with Crippen molar-refractivity contribution in [3.63, 3.8) is 0 Å². The first-order valence-corrected chi connectivity index (χ1v) is 7.37. The van der Waals surface area contributed by atoms with Crippen LogP contribution in [0, 0.1) is 0 Å². The highest BCUT2D eigenvalue weighted by atomic mass is 16.5. The molecule has 23 heavy (non-hydrogen) atoms. The summed E-state index contributed by atoms with van der Waals surface area (Å²) in [5.74, 6) is 1.23. The minimum absolute atomic E-state index is 0.112. The van der Waals surface area contributed by atoms with Gasteiger partial charge in [-0.15, -0.1) is 0 Å². The molecule has 0 saturated carbocycles. The van der Waals surface area contributed by atoms with Crippen LogP contribution >= 0.6 is 0 Å². The molecule has 0 amide bonds. The molecular weight excluding hydrogens is 294 g/mol. The third-order valence-corrected chi connectivity index (χ3v) is 3.11. The second-order valence-electron chi connectivity index (χ2n) is 4.71. The van der Waals surface area contributed by atoms with Gasteiger partial charge in [-0.05, 0) is 26.0 Å². The quantitative estimate of drug-likeness (QED) is 0.773. The van der Waals surface area contributed by atoms with E-state index in [9.17, 15) is 0 Å². The van der Waals surface area contributed by atoms with Crippen molar-refractivity contribution in [2.45, 2.75) is 13.8 Å². The lowest BCUT2D eigenvalue weighted by Crippen LogP contribution is -2.04. The van der Waals surface area contributed by atoms with Crippen LogP contribution in [-0.2, 0) is 0 Å². The van der Waals surface area contributed by atoms with E-state index in [1.165, 1.54) is 0 Å². The van der Waals surface area contributed by atoms with Crippen LogP contribution in [0.15, 0.2) is 30.5 Å². The van der Waals surface area contributed by atoms with Crippen LogP contribution in [-0.4, -0.2) is 33.1 Å². The first kappa shape index (κ1) is 15.0. The number of aromatic nitrogens is 4. The topological polar surface area (TPSA) is 96.0 Å². The van der Waals surface area contributed by atoms with E-state index in [2.05, 4.69) is 19.9 Å². The molecule has 1 aromatic carbocycles. The third kappa shape index (κ3) is 3.13. The van der Waals surface area contributed by atoms with Gasteiger partial charge in [-0.25, -0.2) is 9.97 Å². The molecule has 2 aromatic heterocycles. The van der Waals surface area contributed by atoms with Crippen LogP contribution in [0.2, 0.25) is 0 Å². The molecule has 2 N–H and O–H groups in total. The highest BCUT2D eigenvalue weighted by Crippen LogP contribution is 2.26. The Morgan fingerprint density at radius 2 is 1.87 bits per heavy atom. The maximum absolute atomic E-state index is 5.67. The Balaban J connectivity index is 2.10. The monoisotopic (exact) mass is 311 g/mol. The molecule has 0 bridgehead atoms. The van der Waals surface area contributed by atoms with Gasteiger partial charge < -0.3 is 15.2 Å². The van der Waals surface area contributed by atoms with Crippen molar-refractivity contribution in [2.75, 3.05) is 18.9 Å². The smallest absolute Gasteiger partial charge is 0.247 e. The molecule has 0 fully saturated rings. The first-order chi connectivity index (χ1) is 11.2. The van der Waals surface area contributed by atoms with Gasteiger partial charge in [-0.2, -0.15) is 9.97 Å². The number of rotatable bonds is 5. The fraction of sp³-hybridized carbons (Fsp3) is 0.250. The molecule has 0 saturated heterocycles. The molecule has 0 unspecified atom stereocenters. The standard InChI is InChI=1S/C16H17N5O2/c1-3-22-11-7-5-6-10(8-11)12-9-18-14-13(19-12)15(23-4-2)21-16(17)20-14/h5-9H,3-4H2,1-2H3,(H2,17,18,20,21). The van der Waals surface area contributed by atoms with Crippen LogP contribution < -0.4 is 15.2 Å². The lowest BCUT2D eigenvalue weighted by molar-refractivity contribution is 0.330. The van der Waals surface area contributed by atoms with Gasteiger partial charge in [-0.1, -0.05) is 12.1 Å². The van der Waals surface area contributed by atoms with E-state index in [1.54, 1.807) is 6.20 Å². The largest absolute Gasteiger partial charge is 0.494 e. The lowest BCUT2D eigenvalue weighted by Gasteiger charge is -2.08. The second kappa shape index (κ2) is 6.43. The number of benzene rings is 1. The molecule has 0 radical (unpaired) electrons. The first-order valence-electron chi connectivity index (χ1n) is 7.37. The zero-order valence-electron chi connectivity index (χ0n) is 13.0. The predicted octanol–water partition coefficient (Wildman–Crippen LogP) is 2.47. The molecule has 3 rings (SSSR count). The number of fused-ring (bicyclic) bond motifs is 1. The molecule has 0 aliphatic heterocycles. The number of hydrogen-bond acceptors (Lipinski definition) is 7. The molecule has 0 aliphatic rings. The van der Waals surface area contributed by atoms with Crippen molar-refractivity contribution in [3.05, 3.63) is 30.5 Å².